The molecule has 0 saturated carbocycles. The van der Waals surface area contributed by atoms with Crippen LogP contribution in [0.2, 0.25) is 0 Å². The summed E-state index contributed by atoms with van der Waals surface area (Å²) >= 11 is 6.31. The van der Waals surface area contributed by atoms with Gasteiger partial charge in [0.1, 0.15) is 10.7 Å². The number of aromatic nitrogens is 2. The lowest BCUT2D eigenvalue weighted by Gasteiger charge is -1.91. The lowest BCUT2D eigenvalue weighted by atomic mass is 10.6. The molecular weight excluding hydrogens is 262 g/mol. The topological polar surface area (TPSA) is 49.6 Å². The SMILES string of the molecule is N#Cc1ncc(Br)c(Br)n1. The maximum Gasteiger partial charge on any atom is 0.233 e. The monoisotopic (exact) mass is 261 g/mol. The molecule has 3 nitrogen and oxygen atoms in total. The third-order valence-electron chi connectivity index (χ3n) is 0.801. The van der Waals surface area contributed by atoms with Gasteiger partial charge in [0, 0.05) is 6.20 Å². The van der Waals surface area contributed by atoms with Crippen LogP contribution in [-0.4, -0.2) is 9.97 Å². The van der Waals surface area contributed by atoms with Gasteiger partial charge in [0.15, 0.2) is 0 Å². The lowest BCUT2D eigenvalue weighted by Crippen LogP contribution is -1.88. The highest BCUT2D eigenvalue weighted by atomic mass is 79.9. The largest absolute Gasteiger partial charge is 0.233 e. The van der Waals surface area contributed by atoms with E-state index in [0.29, 0.717) is 4.60 Å². The molecule has 0 amide bonds. The van der Waals surface area contributed by atoms with Gasteiger partial charge < -0.3 is 0 Å². The van der Waals surface area contributed by atoms with Crippen molar-refractivity contribution in [3.63, 3.8) is 0 Å². The first kappa shape index (κ1) is 7.63. The fourth-order valence-corrected chi connectivity index (χ4v) is 0.862. The van der Waals surface area contributed by atoms with Gasteiger partial charge in [0.25, 0.3) is 0 Å². The van der Waals surface area contributed by atoms with Crippen molar-refractivity contribution in [1.29, 1.82) is 5.26 Å². The Balaban J connectivity index is 3.20. The predicted octanol–water partition coefficient (Wildman–Crippen LogP) is 1.87. The Morgan fingerprint density at radius 2 is 2.20 bits per heavy atom. The molecule has 0 aliphatic rings. The molecule has 10 heavy (non-hydrogen) atoms. The predicted molar refractivity (Wildman–Crippen MR) is 42.1 cm³/mol. The van der Waals surface area contributed by atoms with Gasteiger partial charge in [-0.25, -0.2) is 9.97 Å². The molecule has 1 rings (SSSR count). The van der Waals surface area contributed by atoms with E-state index in [2.05, 4.69) is 41.8 Å². The van der Waals surface area contributed by atoms with Crippen LogP contribution >= 0.6 is 31.9 Å². The van der Waals surface area contributed by atoms with Crippen molar-refractivity contribution in [2.24, 2.45) is 0 Å². The highest BCUT2D eigenvalue weighted by Gasteiger charge is 1.98. The first-order valence-corrected chi connectivity index (χ1v) is 3.91. The number of nitrogens with zero attached hydrogens (tertiary/aromatic N) is 3. The molecule has 0 radical (unpaired) electrons. The molecular formula is C5HBr2N3. The number of hydrogen-bond donors (Lipinski definition) is 0. The van der Waals surface area contributed by atoms with Crippen LogP contribution < -0.4 is 0 Å². The minimum atomic E-state index is 0.162. The second-order valence-electron chi connectivity index (χ2n) is 1.44. The van der Waals surface area contributed by atoms with Gasteiger partial charge in [0.2, 0.25) is 5.82 Å². The van der Waals surface area contributed by atoms with E-state index in [4.69, 9.17) is 5.26 Å². The van der Waals surface area contributed by atoms with Crippen molar-refractivity contribution in [2.45, 2.75) is 0 Å². The highest BCUT2D eigenvalue weighted by Crippen LogP contribution is 2.18. The third-order valence-corrected chi connectivity index (χ3v) is 2.52. The van der Waals surface area contributed by atoms with Crippen molar-refractivity contribution in [2.75, 3.05) is 0 Å². The van der Waals surface area contributed by atoms with E-state index in [1.54, 1.807) is 0 Å². The summed E-state index contributed by atoms with van der Waals surface area (Å²) < 4.78 is 1.34. The first-order chi connectivity index (χ1) is 4.74. The van der Waals surface area contributed by atoms with Crippen molar-refractivity contribution >= 4 is 31.9 Å². The van der Waals surface area contributed by atoms with Gasteiger partial charge in [-0.15, -0.1) is 0 Å². The van der Waals surface area contributed by atoms with Crippen LogP contribution in [0.1, 0.15) is 5.82 Å². The van der Waals surface area contributed by atoms with Crippen molar-refractivity contribution < 1.29 is 0 Å². The zero-order valence-electron chi connectivity index (χ0n) is 4.67. The third kappa shape index (κ3) is 1.52. The van der Waals surface area contributed by atoms with Crippen LogP contribution in [0.25, 0.3) is 0 Å². The summed E-state index contributed by atoms with van der Waals surface area (Å²) in [5.41, 5.74) is 0. The molecule has 0 aromatic carbocycles. The van der Waals surface area contributed by atoms with E-state index in [9.17, 15) is 0 Å². The smallest absolute Gasteiger partial charge is 0.226 e. The van der Waals surface area contributed by atoms with E-state index < -0.39 is 0 Å². The van der Waals surface area contributed by atoms with Crippen LogP contribution in [0.3, 0.4) is 0 Å². The van der Waals surface area contributed by atoms with Crippen LogP contribution in [0.5, 0.6) is 0 Å². The van der Waals surface area contributed by atoms with Crippen molar-refractivity contribution in [3.8, 4) is 6.07 Å². The molecule has 5 heteroatoms. The quantitative estimate of drug-likeness (QED) is 0.671. The number of rotatable bonds is 0. The van der Waals surface area contributed by atoms with Crippen LogP contribution in [0, 0.1) is 11.3 Å². The molecule has 0 aliphatic carbocycles. The lowest BCUT2D eigenvalue weighted by molar-refractivity contribution is 1.07. The second-order valence-corrected chi connectivity index (χ2v) is 3.05. The van der Waals surface area contributed by atoms with Gasteiger partial charge in [-0.3, -0.25) is 0 Å². The zero-order valence-corrected chi connectivity index (χ0v) is 7.85. The fourth-order valence-electron chi connectivity index (χ4n) is 0.400. The standard InChI is InChI=1S/C5HBr2N3/c6-3-2-9-4(1-8)10-5(3)7/h2H. The molecule has 0 spiro atoms. The molecule has 0 saturated heterocycles. The highest BCUT2D eigenvalue weighted by molar-refractivity contribution is 9.13. The second kappa shape index (κ2) is 3.08. The zero-order chi connectivity index (χ0) is 7.56. The van der Waals surface area contributed by atoms with E-state index in [0.717, 1.165) is 4.47 Å². The average molecular weight is 263 g/mol. The Bertz CT molecular complexity index is 291. The van der Waals surface area contributed by atoms with E-state index >= 15 is 0 Å². The van der Waals surface area contributed by atoms with Gasteiger partial charge in [-0.2, -0.15) is 5.26 Å². The van der Waals surface area contributed by atoms with E-state index in [1.165, 1.54) is 6.20 Å². The van der Waals surface area contributed by atoms with Gasteiger partial charge in [0.05, 0.1) is 4.47 Å². The minimum Gasteiger partial charge on any atom is -0.226 e. The molecule has 1 heterocycles. The summed E-state index contributed by atoms with van der Waals surface area (Å²) in [6, 6.07) is 1.82. The molecule has 0 N–H and O–H groups in total. The maximum atomic E-state index is 8.34. The Hall–Kier alpha value is -0.470. The normalized spacial score (nSPS) is 8.90. The van der Waals surface area contributed by atoms with E-state index in [-0.39, 0.29) is 5.82 Å². The summed E-state index contributed by atoms with van der Waals surface area (Å²) in [7, 11) is 0. The van der Waals surface area contributed by atoms with Crippen LogP contribution in [0.15, 0.2) is 15.3 Å². The molecule has 1 aromatic heterocycles. The van der Waals surface area contributed by atoms with Crippen molar-refractivity contribution in [3.05, 3.63) is 21.1 Å². The number of halogens is 2. The van der Waals surface area contributed by atoms with Crippen LogP contribution in [-0.2, 0) is 0 Å². The Morgan fingerprint density at radius 3 is 2.70 bits per heavy atom. The fraction of sp³-hybridized carbons (Fsp3) is 0. The summed E-state index contributed by atoms with van der Waals surface area (Å²) in [6.07, 6.45) is 1.52. The van der Waals surface area contributed by atoms with Crippen LogP contribution in [0.4, 0.5) is 0 Å². The van der Waals surface area contributed by atoms with Crippen molar-refractivity contribution in [1.82, 2.24) is 9.97 Å². The Labute approximate surface area is 74.4 Å². The van der Waals surface area contributed by atoms with E-state index in [1.807, 2.05) is 6.07 Å². The van der Waals surface area contributed by atoms with Gasteiger partial charge in [-0.05, 0) is 31.9 Å². The van der Waals surface area contributed by atoms with Gasteiger partial charge >= 0.3 is 0 Å². The first-order valence-electron chi connectivity index (χ1n) is 2.32. The Kier molecular flexibility index (Phi) is 2.35. The number of hydrogen-bond acceptors (Lipinski definition) is 3. The summed E-state index contributed by atoms with van der Waals surface area (Å²) in [5.74, 6) is 0.162. The molecule has 0 aliphatic heterocycles. The summed E-state index contributed by atoms with van der Waals surface area (Å²) in [5, 5.41) is 8.34. The number of nitriles is 1. The molecule has 0 atom stereocenters. The average Bonchev–Trinajstić information content (AvgIpc) is 1.95. The Morgan fingerprint density at radius 1 is 1.50 bits per heavy atom. The summed E-state index contributed by atoms with van der Waals surface area (Å²) in [4.78, 5) is 7.50. The molecule has 1 aromatic rings. The van der Waals surface area contributed by atoms with Gasteiger partial charge in [-0.1, -0.05) is 0 Å². The minimum absolute atomic E-state index is 0.162. The molecule has 0 bridgehead atoms. The molecule has 0 unspecified atom stereocenters. The maximum absolute atomic E-state index is 8.34. The summed E-state index contributed by atoms with van der Waals surface area (Å²) in [6.45, 7) is 0. The molecule has 50 valence electrons. The molecule has 0 fully saturated rings.